The number of thiophene rings is 2. The van der Waals surface area contributed by atoms with Crippen LogP contribution in [-0.2, 0) is 9.59 Å². The molecule has 262 valence electrons. The third-order valence-electron chi connectivity index (χ3n) is 8.35. The molecule has 0 aliphatic carbocycles. The van der Waals surface area contributed by atoms with Gasteiger partial charge in [-0.15, -0.1) is 22.7 Å². The van der Waals surface area contributed by atoms with Gasteiger partial charge >= 0.3 is 11.9 Å². The lowest BCUT2D eigenvalue weighted by molar-refractivity contribution is -0.131. The molecular formula is C40H27N3O8S2. The van der Waals surface area contributed by atoms with Gasteiger partial charge in [-0.2, -0.15) is 10.5 Å². The van der Waals surface area contributed by atoms with Crippen LogP contribution < -0.4 is 37.1 Å². The van der Waals surface area contributed by atoms with Crippen LogP contribution in [0.15, 0.2) is 66.7 Å². The van der Waals surface area contributed by atoms with Crippen molar-refractivity contribution in [2.24, 2.45) is 0 Å². The van der Waals surface area contributed by atoms with Gasteiger partial charge in [0.25, 0.3) is 0 Å². The van der Waals surface area contributed by atoms with E-state index in [9.17, 15) is 30.3 Å². The standard InChI is InChI=1S/C40H27N3O8S2/c1-3-49-35-33(48-2)30(52-37(35)26(19-41)39(44)45)17-21-9-11-28-24(15-21)32(23-7-5-4-6-8-23)25-16-22(10-12-29(25)43-28)18-31-34-36(51-14-13-50-34)38(53-31)27(20-42)40(46)47/h4-12,15-18H,3,13-14H2,1-2H3,(H,44,45)(H,46,47)/b30-17-,31-18-,37-26+,38-27+. The molecule has 6 aromatic rings. The maximum atomic E-state index is 11.9. The number of nitrogens with zero attached hydrogens (tertiary/aromatic N) is 3. The fourth-order valence-electron chi connectivity index (χ4n) is 6.15. The maximum absolute atomic E-state index is 11.9. The number of fused-ring (bicyclic) bond motifs is 3. The fourth-order valence-corrected chi connectivity index (χ4v) is 8.45. The zero-order chi connectivity index (χ0) is 37.2. The Hall–Kier alpha value is -6.67. The van der Waals surface area contributed by atoms with Crippen molar-refractivity contribution in [1.29, 1.82) is 10.5 Å². The number of aliphatic carboxylic acids is 2. The first-order valence-electron chi connectivity index (χ1n) is 16.2. The minimum absolute atomic E-state index is 0.174. The van der Waals surface area contributed by atoms with Gasteiger partial charge in [0.05, 0.1) is 42.9 Å². The van der Waals surface area contributed by atoms with Gasteiger partial charge in [0, 0.05) is 16.3 Å². The zero-order valence-corrected chi connectivity index (χ0v) is 29.8. The minimum atomic E-state index is -1.36. The molecule has 3 aromatic carbocycles. The van der Waals surface area contributed by atoms with E-state index in [1.165, 1.54) is 7.11 Å². The number of methoxy groups -OCH3 is 1. The Kier molecular flexibility index (Phi) is 9.52. The highest BCUT2D eigenvalue weighted by atomic mass is 32.1. The number of carboxylic acids is 2. The van der Waals surface area contributed by atoms with Crippen molar-refractivity contribution in [2.45, 2.75) is 6.92 Å². The molecular weight excluding hydrogens is 715 g/mol. The van der Waals surface area contributed by atoms with Crippen molar-refractivity contribution in [1.82, 2.24) is 4.98 Å². The van der Waals surface area contributed by atoms with Gasteiger partial charge in [-0.25, -0.2) is 14.6 Å². The lowest BCUT2D eigenvalue weighted by Crippen LogP contribution is -2.20. The molecule has 0 unspecified atom stereocenters. The van der Waals surface area contributed by atoms with E-state index >= 15 is 0 Å². The summed E-state index contributed by atoms with van der Waals surface area (Å²) >= 11 is 2.22. The van der Waals surface area contributed by atoms with E-state index in [0.29, 0.717) is 20.6 Å². The Labute approximate surface area is 309 Å². The molecule has 0 radical (unpaired) electrons. The van der Waals surface area contributed by atoms with Crippen molar-refractivity contribution < 1.29 is 38.7 Å². The van der Waals surface area contributed by atoms with Crippen LogP contribution in [0.3, 0.4) is 0 Å². The molecule has 0 saturated heterocycles. The number of aromatic nitrogens is 1. The number of hydrogen-bond donors (Lipinski definition) is 2. The molecule has 0 fully saturated rings. The molecule has 4 heterocycles. The van der Waals surface area contributed by atoms with Crippen molar-refractivity contribution >= 4 is 79.7 Å². The Balaban J connectivity index is 1.48. The second kappa shape index (κ2) is 14.5. The summed E-state index contributed by atoms with van der Waals surface area (Å²) in [6.07, 6.45) is 3.74. The molecule has 3 aromatic heterocycles. The highest BCUT2D eigenvalue weighted by Crippen LogP contribution is 2.36. The molecule has 13 heteroatoms. The normalized spacial score (nSPS) is 14.0. The lowest BCUT2D eigenvalue weighted by Gasteiger charge is -2.15. The molecule has 0 spiro atoms. The highest BCUT2D eigenvalue weighted by Gasteiger charge is 2.23. The third kappa shape index (κ3) is 6.40. The van der Waals surface area contributed by atoms with Gasteiger partial charge in [-0.3, -0.25) is 0 Å². The molecule has 2 N–H and O–H groups in total. The number of pyridine rings is 1. The number of carbonyl (C=O) groups is 2. The highest BCUT2D eigenvalue weighted by molar-refractivity contribution is 7.09. The fraction of sp³-hybridized carbons (Fsp3) is 0.125. The molecule has 1 aliphatic rings. The largest absolute Gasteiger partial charge is 0.491 e. The summed E-state index contributed by atoms with van der Waals surface area (Å²) in [6.45, 7) is 2.53. The Morgan fingerprint density at radius 2 is 1.38 bits per heavy atom. The van der Waals surface area contributed by atoms with Gasteiger partial charge in [0.15, 0.2) is 34.1 Å². The molecule has 53 heavy (non-hydrogen) atoms. The van der Waals surface area contributed by atoms with Crippen LogP contribution >= 0.6 is 22.7 Å². The van der Waals surface area contributed by atoms with Crippen LogP contribution in [0.25, 0.3) is 56.2 Å². The predicted molar refractivity (Wildman–Crippen MR) is 201 cm³/mol. The van der Waals surface area contributed by atoms with Gasteiger partial charge in [-0.05, 0) is 60.0 Å². The first kappa shape index (κ1) is 34.8. The van der Waals surface area contributed by atoms with Crippen LogP contribution in [0, 0.1) is 22.7 Å². The summed E-state index contributed by atoms with van der Waals surface area (Å²) in [5.74, 6) is -1.52. The number of ether oxygens (including phenoxy) is 4. The second-order valence-electron chi connectivity index (χ2n) is 11.5. The smallest absolute Gasteiger partial charge is 0.348 e. The van der Waals surface area contributed by atoms with Crippen molar-refractivity contribution in [2.75, 3.05) is 26.9 Å². The Morgan fingerprint density at radius 1 is 0.811 bits per heavy atom. The summed E-state index contributed by atoms with van der Waals surface area (Å²) in [6, 6.07) is 25.1. The maximum Gasteiger partial charge on any atom is 0.348 e. The van der Waals surface area contributed by atoms with Crippen LogP contribution in [0.4, 0.5) is 0 Å². The molecule has 0 bridgehead atoms. The Morgan fingerprint density at radius 3 is 1.94 bits per heavy atom. The average molecular weight is 742 g/mol. The van der Waals surface area contributed by atoms with E-state index in [2.05, 4.69) is 0 Å². The summed E-state index contributed by atoms with van der Waals surface area (Å²) < 4.78 is 24.7. The zero-order valence-electron chi connectivity index (χ0n) is 28.1. The number of nitriles is 2. The van der Waals surface area contributed by atoms with Crippen LogP contribution in [-0.4, -0.2) is 54.1 Å². The van der Waals surface area contributed by atoms with Gasteiger partial charge in [-0.1, -0.05) is 42.5 Å². The average Bonchev–Trinajstić information content (AvgIpc) is 3.68. The van der Waals surface area contributed by atoms with Crippen molar-refractivity contribution in [3.63, 3.8) is 0 Å². The summed E-state index contributed by atoms with van der Waals surface area (Å²) in [5.41, 5.74) is 4.10. The van der Waals surface area contributed by atoms with E-state index < -0.39 is 23.1 Å². The molecule has 11 nitrogen and oxygen atoms in total. The first-order chi connectivity index (χ1) is 25.8. The van der Waals surface area contributed by atoms with E-state index in [-0.39, 0.29) is 40.4 Å². The van der Waals surface area contributed by atoms with Crippen LogP contribution in [0.5, 0.6) is 23.0 Å². The molecule has 7 rings (SSSR count). The van der Waals surface area contributed by atoms with Gasteiger partial charge < -0.3 is 29.2 Å². The van der Waals surface area contributed by atoms with E-state index in [4.69, 9.17) is 23.9 Å². The first-order valence-corrected chi connectivity index (χ1v) is 17.8. The summed E-state index contributed by atoms with van der Waals surface area (Å²) in [5, 5.41) is 40.3. The molecule has 0 amide bonds. The quantitative estimate of drug-likeness (QED) is 0.210. The molecule has 0 atom stereocenters. The summed E-state index contributed by atoms with van der Waals surface area (Å²) in [4.78, 5) is 28.8. The Bertz CT molecular complexity index is 2830. The second-order valence-corrected chi connectivity index (χ2v) is 13.6. The van der Waals surface area contributed by atoms with E-state index in [1.54, 1.807) is 19.1 Å². The monoisotopic (exact) mass is 741 g/mol. The minimum Gasteiger partial charge on any atom is -0.491 e. The predicted octanol–water partition coefficient (Wildman–Crippen LogP) is 4.53. The molecule has 0 saturated carbocycles. The third-order valence-corrected chi connectivity index (χ3v) is 10.6. The SMILES string of the molecule is CCOc1c(OC)/c(=C/c2ccc3nc4ccc(/C=c5\s/c(=C(\C#N)C(=O)O)c6c5OCCO6)cc4c(-c4ccccc4)c3c2)s/c1=C(\C#N)C(=O)O. The van der Waals surface area contributed by atoms with Crippen molar-refractivity contribution in [3.8, 4) is 46.3 Å². The topological polar surface area (TPSA) is 172 Å². The summed E-state index contributed by atoms with van der Waals surface area (Å²) in [7, 11) is 1.47. The number of benzene rings is 3. The van der Waals surface area contributed by atoms with E-state index in [0.717, 1.165) is 66.7 Å². The number of carboxylic acid groups (broad SMARTS) is 2. The van der Waals surface area contributed by atoms with Gasteiger partial charge in [0.2, 0.25) is 0 Å². The van der Waals surface area contributed by atoms with Gasteiger partial charge in [0.1, 0.15) is 25.4 Å². The van der Waals surface area contributed by atoms with Crippen LogP contribution in [0.1, 0.15) is 18.1 Å². The molecule has 1 aliphatic heterocycles. The van der Waals surface area contributed by atoms with E-state index in [1.807, 2.05) is 78.9 Å². The van der Waals surface area contributed by atoms with Crippen molar-refractivity contribution in [3.05, 3.63) is 96.0 Å². The number of rotatable bonds is 8. The lowest BCUT2D eigenvalue weighted by atomic mass is 9.94. The number of hydrogen-bond acceptors (Lipinski definition) is 11. The van der Waals surface area contributed by atoms with Crippen LogP contribution in [0.2, 0.25) is 0 Å².